The number of rotatable bonds is 4. The molecule has 0 saturated carbocycles. The van der Waals surface area contributed by atoms with Crippen LogP contribution < -0.4 is 11.2 Å². The number of nitrogens with zero attached hydrogens (tertiary/aromatic N) is 4. The molecule has 9 heteroatoms. The van der Waals surface area contributed by atoms with E-state index < -0.39 is 23.0 Å². The molecular weight excluding hydrogens is 421 g/mol. The smallest absolute Gasteiger partial charge is 0.299 e. The third-order valence-electron chi connectivity index (χ3n) is 5.61. The number of fused-ring (bicyclic) bond motifs is 1. The summed E-state index contributed by atoms with van der Waals surface area (Å²) in [6.07, 6.45) is -4.45. The highest BCUT2D eigenvalue weighted by Crippen LogP contribution is 2.29. The van der Waals surface area contributed by atoms with Gasteiger partial charge in [-0.25, -0.2) is 4.79 Å². The Morgan fingerprint density at radius 1 is 1.00 bits per heavy atom. The summed E-state index contributed by atoms with van der Waals surface area (Å²) in [5.74, 6) is 0. The highest BCUT2D eigenvalue weighted by atomic mass is 19.4. The highest BCUT2D eigenvalue weighted by molar-refractivity contribution is 5.33. The van der Waals surface area contributed by atoms with E-state index in [9.17, 15) is 22.8 Å². The van der Waals surface area contributed by atoms with Gasteiger partial charge in [0.2, 0.25) is 0 Å². The predicted octanol–water partition coefficient (Wildman–Crippen LogP) is 3.00. The summed E-state index contributed by atoms with van der Waals surface area (Å²) >= 11 is 0. The van der Waals surface area contributed by atoms with Gasteiger partial charge >= 0.3 is 11.9 Å². The van der Waals surface area contributed by atoms with Crippen molar-refractivity contribution in [2.24, 2.45) is 7.05 Å². The second-order valence-corrected chi connectivity index (χ2v) is 7.81. The lowest BCUT2D eigenvalue weighted by Crippen LogP contribution is -2.41. The Balaban J connectivity index is 1.60. The number of hydrogen-bond donors (Lipinski definition) is 0. The van der Waals surface area contributed by atoms with Crippen LogP contribution in [0.5, 0.6) is 0 Å². The van der Waals surface area contributed by atoms with Crippen molar-refractivity contribution in [3.8, 4) is 6.07 Å². The van der Waals surface area contributed by atoms with Crippen LogP contribution in [0.3, 0.4) is 0 Å². The molecular formula is C23H19F3N4O2. The van der Waals surface area contributed by atoms with E-state index in [0.717, 1.165) is 22.3 Å². The van der Waals surface area contributed by atoms with E-state index >= 15 is 0 Å². The van der Waals surface area contributed by atoms with Gasteiger partial charge in [-0.05, 0) is 35.4 Å². The first-order valence-electron chi connectivity index (χ1n) is 9.86. The average molecular weight is 440 g/mol. The maximum atomic E-state index is 13.1. The highest BCUT2D eigenvalue weighted by Gasteiger charge is 2.30. The largest absolute Gasteiger partial charge is 0.416 e. The molecule has 0 unspecified atom stereocenters. The molecule has 0 amide bonds. The zero-order valence-electron chi connectivity index (χ0n) is 17.2. The van der Waals surface area contributed by atoms with Crippen LogP contribution in [0.1, 0.15) is 33.5 Å². The van der Waals surface area contributed by atoms with Gasteiger partial charge in [0.05, 0.1) is 29.3 Å². The molecule has 4 rings (SSSR count). The minimum Gasteiger partial charge on any atom is -0.299 e. The Morgan fingerprint density at radius 2 is 1.72 bits per heavy atom. The van der Waals surface area contributed by atoms with Gasteiger partial charge in [-0.3, -0.25) is 18.8 Å². The van der Waals surface area contributed by atoms with Crippen LogP contribution in [0, 0.1) is 11.3 Å². The Hall–Kier alpha value is -3.64. The molecule has 2 heterocycles. The summed E-state index contributed by atoms with van der Waals surface area (Å²) in [5, 5.41) is 9.07. The second-order valence-electron chi connectivity index (χ2n) is 7.81. The molecule has 0 N–H and O–H groups in total. The van der Waals surface area contributed by atoms with Crippen LogP contribution in [-0.4, -0.2) is 14.0 Å². The monoisotopic (exact) mass is 440 g/mol. The van der Waals surface area contributed by atoms with Crippen molar-refractivity contribution in [2.45, 2.75) is 32.4 Å². The van der Waals surface area contributed by atoms with Crippen molar-refractivity contribution in [3.05, 3.63) is 103 Å². The van der Waals surface area contributed by atoms with E-state index in [-0.39, 0.29) is 6.54 Å². The number of benzene rings is 2. The van der Waals surface area contributed by atoms with E-state index in [0.29, 0.717) is 42.0 Å². The van der Waals surface area contributed by atoms with Gasteiger partial charge in [0.25, 0.3) is 5.56 Å². The van der Waals surface area contributed by atoms with Gasteiger partial charge in [0, 0.05) is 32.4 Å². The van der Waals surface area contributed by atoms with Gasteiger partial charge in [0.15, 0.2) is 0 Å². The maximum Gasteiger partial charge on any atom is 0.416 e. The molecule has 0 saturated heterocycles. The number of nitriles is 1. The normalized spacial score (nSPS) is 13.7. The fourth-order valence-corrected chi connectivity index (χ4v) is 3.95. The molecule has 0 bridgehead atoms. The lowest BCUT2D eigenvalue weighted by atomic mass is 10.1. The van der Waals surface area contributed by atoms with E-state index in [1.807, 2.05) is 11.0 Å². The van der Waals surface area contributed by atoms with Gasteiger partial charge in [-0.1, -0.05) is 24.3 Å². The molecule has 0 spiro atoms. The molecule has 6 nitrogen and oxygen atoms in total. The SMILES string of the molecule is Cn1c2c(c(=O)n(Cc3ccc(C(F)(F)F)cc3)c1=O)CN(Cc1cccc(C#N)c1)C2. The molecule has 0 fully saturated rings. The average Bonchev–Trinajstić information content (AvgIpc) is 3.19. The third kappa shape index (κ3) is 4.09. The van der Waals surface area contributed by atoms with E-state index in [1.165, 1.54) is 16.7 Å². The fourth-order valence-electron chi connectivity index (χ4n) is 3.95. The third-order valence-corrected chi connectivity index (χ3v) is 5.61. The molecule has 3 aromatic rings. The molecule has 0 aliphatic carbocycles. The Labute approximate surface area is 181 Å². The van der Waals surface area contributed by atoms with Crippen molar-refractivity contribution < 1.29 is 13.2 Å². The lowest BCUT2D eigenvalue weighted by molar-refractivity contribution is -0.137. The molecule has 1 aliphatic heterocycles. The van der Waals surface area contributed by atoms with Crippen LogP contribution in [0.4, 0.5) is 13.2 Å². The number of hydrogen-bond acceptors (Lipinski definition) is 4. The molecule has 2 aromatic carbocycles. The summed E-state index contributed by atoms with van der Waals surface area (Å²) in [6, 6.07) is 13.7. The first-order chi connectivity index (χ1) is 15.2. The van der Waals surface area contributed by atoms with Crippen LogP contribution in [0.2, 0.25) is 0 Å². The minimum atomic E-state index is -4.45. The Morgan fingerprint density at radius 3 is 2.38 bits per heavy atom. The van der Waals surface area contributed by atoms with Crippen molar-refractivity contribution in [1.82, 2.24) is 14.0 Å². The van der Waals surface area contributed by atoms with Crippen molar-refractivity contribution in [2.75, 3.05) is 0 Å². The second kappa shape index (κ2) is 8.13. The summed E-state index contributed by atoms with van der Waals surface area (Å²) in [4.78, 5) is 27.9. The van der Waals surface area contributed by atoms with Gasteiger partial charge in [0.1, 0.15) is 0 Å². The van der Waals surface area contributed by atoms with E-state index in [1.54, 1.807) is 25.2 Å². The molecule has 1 aliphatic rings. The zero-order chi connectivity index (χ0) is 23.0. The van der Waals surface area contributed by atoms with Crippen molar-refractivity contribution >= 4 is 0 Å². The van der Waals surface area contributed by atoms with Gasteiger partial charge < -0.3 is 0 Å². The van der Waals surface area contributed by atoms with Gasteiger partial charge in [-0.15, -0.1) is 0 Å². The Kier molecular flexibility index (Phi) is 5.48. The summed E-state index contributed by atoms with van der Waals surface area (Å²) in [6.45, 7) is 1.15. The maximum absolute atomic E-state index is 13.1. The van der Waals surface area contributed by atoms with E-state index in [4.69, 9.17) is 5.26 Å². The van der Waals surface area contributed by atoms with Crippen molar-refractivity contribution in [3.63, 3.8) is 0 Å². The zero-order valence-corrected chi connectivity index (χ0v) is 17.2. The summed E-state index contributed by atoms with van der Waals surface area (Å²) in [5.41, 5.74) is 1.29. The predicted molar refractivity (Wildman–Crippen MR) is 111 cm³/mol. The van der Waals surface area contributed by atoms with Crippen molar-refractivity contribution in [1.29, 1.82) is 5.26 Å². The summed E-state index contributed by atoms with van der Waals surface area (Å²) in [7, 11) is 1.59. The molecule has 1 aromatic heterocycles. The first kappa shape index (κ1) is 21.6. The molecule has 32 heavy (non-hydrogen) atoms. The molecule has 0 radical (unpaired) electrons. The minimum absolute atomic E-state index is 0.110. The quantitative estimate of drug-likeness (QED) is 0.626. The summed E-state index contributed by atoms with van der Waals surface area (Å²) < 4.78 is 40.8. The van der Waals surface area contributed by atoms with Gasteiger partial charge in [-0.2, -0.15) is 18.4 Å². The van der Waals surface area contributed by atoms with Crippen LogP contribution in [0.25, 0.3) is 0 Å². The topological polar surface area (TPSA) is 71.0 Å². The van der Waals surface area contributed by atoms with Crippen LogP contribution >= 0.6 is 0 Å². The Bertz CT molecular complexity index is 1330. The fraction of sp³-hybridized carbons (Fsp3) is 0.261. The first-order valence-corrected chi connectivity index (χ1v) is 9.86. The number of alkyl halides is 3. The number of halogens is 3. The van der Waals surface area contributed by atoms with Crippen LogP contribution in [0.15, 0.2) is 58.1 Å². The van der Waals surface area contributed by atoms with E-state index in [2.05, 4.69) is 6.07 Å². The number of aromatic nitrogens is 2. The van der Waals surface area contributed by atoms with Crippen LogP contribution in [-0.2, 0) is 39.4 Å². The molecule has 0 atom stereocenters. The standard InChI is InChI=1S/C23H19F3N4O2/c1-28-20-14-29(11-17-4-2-3-16(9-17)10-27)13-19(20)21(31)30(22(28)32)12-15-5-7-18(8-6-15)23(24,25)26/h2-9H,11-14H2,1H3. The molecule has 164 valence electrons. The lowest BCUT2D eigenvalue weighted by Gasteiger charge is -2.14.